The Morgan fingerprint density at radius 1 is 1.56 bits per heavy atom. The first-order valence-electron chi connectivity index (χ1n) is 5.78. The highest BCUT2D eigenvalue weighted by atomic mass is 35.5. The van der Waals surface area contributed by atoms with Crippen LogP contribution in [0.25, 0.3) is 11.0 Å². The van der Waals surface area contributed by atoms with Crippen LogP contribution in [-0.4, -0.2) is 22.1 Å². The highest BCUT2D eigenvalue weighted by molar-refractivity contribution is 6.35. The van der Waals surface area contributed by atoms with Gasteiger partial charge in [0.2, 0.25) is 0 Å². The highest BCUT2D eigenvalue weighted by Gasteiger charge is 2.21. The fourth-order valence-corrected chi connectivity index (χ4v) is 2.00. The summed E-state index contributed by atoms with van der Waals surface area (Å²) in [6.45, 7) is 4.35. The Morgan fingerprint density at radius 3 is 2.94 bits per heavy atom. The van der Waals surface area contributed by atoms with E-state index in [0.29, 0.717) is 28.9 Å². The largest absolute Gasteiger partial charge is 0.462 e. The number of hydrogen-bond acceptors (Lipinski definition) is 3. The molecule has 18 heavy (non-hydrogen) atoms. The van der Waals surface area contributed by atoms with Crippen molar-refractivity contribution in [3.05, 3.63) is 29.0 Å². The third kappa shape index (κ3) is 2.20. The molecule has 0 aromatic carbocycles. The highest BCUT2D eigenvalue weighted by Crippen LogP contribution is 2.28. The number of aryl methyl sites for hydroxylation is 1. The zero-order valence-corrected chi connectivity index (χ0v) is 11.4. The molecule has 2 aromatic heterocycles. The van der Waals surface area contributed by atoms with Gasteiger partial charge < -0.3 is 9.30 Å². The maximum Gasteiger partial charge on any atom is 0.341 e. The molecule has 5 heteroatoms. The number of carbonyl (C=O) groups excluding carboxylic acids is 1. The minimum atomic E-state index is -0.396. The maximum atomic E-state index is 12.0. The third-order valence-corrected chi connectivity index (χ3v) is 3.07. The number of ether oxygens (including phenoxy) is 1. The SMILES string of the molecule is CC(C)COC(=O)c1c(Cl)n(C)c2ncccc12. The molecule has 4 nitrogen and oxygen atoms in total. The monoisotopic (exact) mass is 266 g/mol. The Morgan fingerprint density at radius 2 is 2.28 bits per heavy atom. The molecule has 0 unspecified atom stereocenters. The molecule has 2 rings (SSSR count). The molecule has 96 valence electrons. The Hall–Kier alpha value is -1.55. The number of nitrogens with zero attached hydrogens (tertiary/aromatic N) is 2. The number of halogens is 1. The molecule has 0 aliphatic rings. The summed E-state index contributed by atoms with van der Waals surface area (Å²) in [6.07, 6.45) is 1.67. The summed E-state index contributed by atoms with van der Waals surface area (Å²) in [4.78, 5) is 16.3. The van der Waals surface area contributed by atoms with Gasteiger partial charge in [-0.3, -0.25) is 0 Å². The van der Waals surface area contributed by atoms with Crippen LogP contribution in [0.4, 0.5) is 0 Å². The Labute approximate surface area is 111 Å². The molecule has 0 radical (unpaired) electrons. The van der Waals surface area contributed by atoms with E-state index in [4.69, 9.17) is 16.3 Å². The van der Waals surface area contributed by atoms with Crippen molar-refractivity contribution in [1.82, 2.24) is 9.55 Å². The van der Waals surface area contributed by atoms with Crippen molar-refractivity contribution in [3.8, 4) is 0 Å². The van der Waals surface area contributed by atoms with Crippen molar-refractivity contribution in [2.24, 2.45) is 13.0 Å². The lowest BCUT2D eigenvalue weighted by atomic mass is 10.2. The van der Waals surface area contributed by atoms with Gasteiger partial charge in [-0.25, -0.2) is 9.78 Å². The predicted octanol–water partition coefficient (Wildman–Crippen LogP) is 3.04. The average molecular weight is 267 g/mol. The molecule has 0 spiro atoms. The van der Waals surface area contributed by atoms with E-state index < -0.39 is 5.97 Å². The van der Waals surface area contributed by atoms with Gasteiger partial charge in [-0.2, -0.15) is 0 Å². The number of carbonyl (C=O) groups is 1. The lowest BCUT2D eigenvalue weighted by Gasteiger charge is -2.06. The Balaban J connectivity index is 2.44. The minimum absolute atomic E-state index is 0.292. The van der Waals surface area contributed by atoms with Gasteiger partial charge in [-0.05, 0) is 18.1 Å². The molecule has 0 saturated heterocycles. The molecule has 0 aliphatic heterocycles. The molecule has 0 aliphatic carbocycles. The summed E-state index contributed by atoms with van der Waals surface area (Å²) in [6, 6.07) is 3.60. The van der Waals surface area contributed by atoms with Gasteiger partial charge in [0.1, 0.15) is 16.4 Å². The van der Waals surface area contributed by atoms with E-state index in [-0.39, 0.29) is 0 Å². The number of aromatic nitrogens is 2. The fraction of sp³-hybridized carbons (Fsp3) is 0.385. The zero-order valence-electron chi connectivity index (χ0n) is 10.6. The number of esters is 1. The van der Waals surface area contributed by atoms with E-state index >= 15 is 0 Å². The lowest BCUT2D eigenvalue weighted by molar-refractivity contribution is 0.0461. The molecule has 2 aromatic rings. The first-order chi connectivity index (χ1) is 8.52. The molecular formula is C13H15ClN2O2. The van der Waals surface area contributed by atoms with E-state index in [1.807, 2.05) is 19.9 Å². The van der Waals surface area contributed by atoms with Gasteiger partial charge in [0.25, 0.3) is 0 Å². The van der Waals surface area contributed by atoms with Crippen LogP contribution < -0.4 is 0 Å². The smallest absolute Gasteiger partial charge is 0.341 e. The topological polar surface area (TPSA) is 44.1 Å². The van der Waals surface area contributed by atoms with E-state index in [1.165, 1.54) is 0 Å². The normalized spacial score (nSPS) is 11.2. The molecule has 0 fully saturated rings. The van der Waals surface area contributed by atoms with Crippen LogP contribution >= 0.6 is 11.6 Å². The van der Waals surface area contributed by atoms with E-state index in [1.54, 1.807) is 23.9 Å². The van der Waals surface area contributed by atoms with Crippen LogP contribution in [0.2, 0.25) is 5.15 Å². The van der Waals surface area contributed by atoms with Gasteiger partial charge >= 0.3 is 5.97 Å². The Kier molecular flexibility index (Phi) is 3.57. The van der Waals surface area contributed by atoms with Crippen molar-refractivity contribution in [1.29, 1.82) is 0 Å². The predicted molar refractivity (Wildman–Crippen MR) is 70.8 cm³/mol. The average Bonchev–Trinajstić information content (AvgIpc) is 2.60. The summed E-state index contributed by atoms with van der Waals surface area (Å²) in [5, 5.41) is 1.08. The Bertz CT molecular complexity index is 590. The van der Waals surface area contributed by atoms with Crippen LogP contribution in [0.3, 0.4) is 0 Å². The summed E-state index contributed by atoms with van der Waals surface area (Å²) in [5.41, 5.74) is 1.07. The number of fused-ring (bicyclic) bond motifs is 1. The molecule has 0 saturated carbocycles. The molecule has 2 heterocycles. The van der Waals surface area contributed by atoms with Crippen LogP contribution in [-0.2, 0) is 11.8 Å². The second-order valence-corrected chi connectivity index (χ2v) is 4.95. The van der Waals surface area contributed by atoms with E-state index in [2.05, 4.69) is 4.98 Å². The molecule has 0 atom stereocenters. The van der Waals surface area contributed by atoms with Gasteiger partial charge in [-0.1, -0.05) is 25.4 Å². The molecule has 0 N–H and O–H groups in total. The second-order valence-electron chi connectivity index (χ2n) is 4.59. The van der Waals surface area contributed by atoms with Crippen molar-refractivity contribution in [2.45, 2.75) is 13.8 Å². The van der Waals surface area contributed by atoms with Crippen LogP contribution in [0, 0.1) is 5.92 Å². The van der Waals surface area contributed by atoms with Gasteiger partial charge in [0, 0.05) is 18.6 Å². The van der Waals surface area contributed by atoms with Crippen LogP contribution in [0.1, 0.15) is 24.2 Å². The van der Waals surface area contributed by atoms with Crippen molar-refractivity contribution in [3.63, 3.8) is 0 Å². The summed E-state index contributed by atoms with van der Waals surface area (Å²) < 4.78 is 6.91. The summed E-state index contributed by atoms with van der Waals surface area (Å²) in [7, 11) is 1.77. The zero-order chi connectivity index (χ0) is 13.3. The van der Waals surface area contributed by atoms with Gasteiger partial charge in [-0.15, -0.1) is 0 Å². The standard InChI is InChI=1S/C13H15ClN2O2/c1-8(2)7-18-13(17)10-9-5-4-6-15-12(9)16(3)11(10)14/h4-6,8H,7H2,1-3H3. The summed E-state index contributed by atoms with van der Waals surface area (Å²) in [5.74, 6) is -0.104. The molecule has 0 amide bonds. The minimum Gasteiger partial charge on any atom is -0.462 e. The van der Waals surface area contributed by atoms with Crippen molar-refractivity contribution < 1.29 is 9.53 Å². The first kappa shape index (κ1) is 12.9. The van der Waals surface area contributed by atoms with Crippen LogP contribution in [0.15, 0.2) is 18.3 Å². The second kappa shape index (κ2) is 4.98. The number of hydrogen-bond donors (Lipinski definition) is 0. The van der Waals surface area contributed by atoms with Crippen molar-refractivity contribution in [2.75, 3.05) is 6.61 Å². The first-order valence-corrected chi connectivity index (χ1v) is 6.16. The summed E-state index contributed by atoms with van der Waals surface area (Å²) >= 11 is 6.17. The fourth-order valence-electron chi connectivity index (χ4n) is 1.74. The van der Waals surface area contributed by atoms with Gasteiger partial charge in [0.15, 0.2) is 0 Å². The quantitative estimate of drug-likeness (QED) is 0.802. The van der Waals surface area contributed by atoms with Crippen LogP contribution in [0.5, 0.6) is 0 Å². The van der Waals surface area contributed by atoms with Gasteiger partial charge in [0.05, 0.1) is 6.61 Å². The van der Waals surface area contributed by atoms with E-state index in [0.717, 1.165) is 5.39 Å². The third-order valence-electron chi connectivity index (χ3n) is 2.63. The lowest BCUT2D eigenvalue weighted by Crippen LogP contribution is -2.10. The number of pyridine rings is 1. The number of rotatable bonds is 3. The molecule has 0 bridgehead atoms. The molecular weight excluding hydrogens is 252 g/mol. The van der Waals surface area contributed by atoms with E-state index in [9.17, 15) is 4.79 Å². The van der Waals surface area contributed by atoms with Crippen molar-refractivity contribution >= 4 is 28.6 Å². The maximum absolute atomic E-state index is 12.0.